The number of carbonyl (C=O) groups is 1. The van der Waals surface area contributed by atoms with E-state index < -0.39 is 17.7 Å². The van der Waals surface area contributed by atoms with Gasteiger partial charge in [-0.2, -0.15) is 0 Å². The molecule has 1 atom stereocenters. The van der Waals surface area contributed by atoms with E-state index in [1.165, 1.54) is 17.4 Å². The van der Waals surface area contributed by atoms with Crippen molar-refractivity contribution in [3.05, 3.63) is 39.6 Å². The number of nitrogens with zero attached hydrogens (tertiary/aromatic N) is 1. The summed E-state index contributed by atoms with van der Waals surface area (Å²) in [7, 11) is 0. The first-order valence-corrected chi connectivity index (χ1v) is 7.69. The number of carboxylic acids is 1. The number of anilines is 2. The average Bonchev–Trinajstić information content (AvgIpc) is 2.85. The number of aryl methyl sites for hydroxylation is 1. The molecule has 0 spiro atoms. The first-order chi connectivity index (χ1) is 10.1. The van der Waals surface area contributed by atoms with E-state index in [4.69, 9.17) is 11.6 Å². The topological polar surface area (TPSA) is 62.2 Å². The summed E-state index contributed by atoms with van der Waals surface area (Å²) in [5.41, 5.74) is 0.837. The molecule has 1 heterocycles. The molecular weight excluding hydrogens is 315 g/mol. The summed E-state index contributed by atoms with van der Waals surface area (Å²) in [5.74, 6) is -1.96. The van der Waals surface area contributed by atoms with Crippen LogP contribution in [0.5, 0.6) is 0 Å². The molecule has 1 unspecified atom stereocenters. The number of aliphatic carboxylic acids is 1. The second-order valence-corrected chi connectivity index (χ2v) is 6.33. The lowest BCUT2D eigenvalue weighted by molar-refractivity contribution is -0.139. The predicted octanol–water partition coefficient (Wildman–Crippen LogP) is 4.18. The van der Waals surface area contributed by atoms with E-state index in [-0.39, 0.29) is 10.7 Å². The van der Waals surface area contributed by atoms with Crippen LogP contribution in [0.2, 0.25) is 5.02 Å². The van der Waals surface area contributed by atoms with E-state index in [0.717, 1.165) is 17.7 Å². The summed E-state index contributed by atoms with van der Waals surface area (Å²) in [6.45, 7) is 0. The molecule has 0 bridgehead atoms. The molecule has 0 saturated carbocycles. The molecule has 1 aliphatic rings. The highest BCUT2D eigenvalue weighted by Gasteiger charge is 2.30. The number of hydrogen-bond acceptors (Lipinski definition) is 4. The Labute approximate surface area is 129 Å². The largest absolute Gasteiger partial charge is 0.481 e. The molecule has 0 fully saturated rings. The summed E-state index contributed by atoms with van der Waals surface area (Å²) in [4.78, 5) is 16.5. The maximum absolute atomic E-state index is 13.9. The molecule has 4 nitrogen and oxygen atoms in total. The zero-order valence-corrected chi connectivity index (χ0v) is 12.5. The van der Waals surface area contributed by atoms with Crippen LogP contribution in [0.15, 0.2) is 18.2 Å². The summed E-state index contributed by atoms with van der Waals surface area (Å²) in [6.07, 6.45) is 2.24. The van der Waals surface area contributed by atoms with Crippen molar-refractivity contribution in [3.8, 4) is 0 Å². The molecule has 0 saturated heterocycles. The van der Waals surface area contributed by atoms with E-state index in [1.807, 2.05) is 0 Å². The first kappa shape index (κ1) is 14.3. The fourth-order valence-corrected chi connectivity index (χ4v) is 3.68. The van der Waals surface area contributed by atoms with Gasteiger partial charge < -0.3 is 10.4 Å². The molecule has 1 aromatic carbocycles. The smallest absolute Gasteiger partial charge is 0.312 e. The van der Waals surface area contributed by atoms with Crippen LogP contribution in [-0.2, 0) is 11.2 Å². The van der Waals surface area contributed by atoms with Crippen molar-refractivity contribution in [1.82, 2.24) is 4.98 Å². The van der Waals surface area contributed by atoms with Gasteiger partial charge in [0.15, 0.2) is 10.9 Å². The molecular formula is C14H12ClFN2O2S. The number of benzene rings is 1. The Morgan fingerprint density at radius 1 is 1.52 bits per heavy atom. The highest BCUT2D eigenvalue weighted by atomic mass is 35.5. The minimum atomic E-state index is -0.860. The van der Waals surface area contributed by atoms with Gasteiger partial charge in [0.1, 0.15) is 5.92 Å². The molecule has 1 aromatic heterocycles. The van der Waals surface area contributed by atoms with Gasteiger partial charge in [0.05, 0.1) is 16.4 Å². The van der Waals surface area contributed by atoms with Crippen LogP contribution < -0.4 is 5.32 Å². The van der Waals surface area contributed by atoms with Gasteiger partial charge in [0, 0.05) is 4.88 Å². The monoisotopic (exact) mass is 326 g/mol. The Kier molecular flexibility index (Phi) is 3.82. The minimum absolute atomic E-state index is 0.0322. The summed E-state index contributed by atoms with van der Waals surface area (Å²) in [6, 6.07) is 4.67. The molecule has 3 rings (SSSR count). The number of nitrogens with one attached hydrogen (secondary N) is 1. The van der Waals surface area contributed by atoms with Gasteiger partial charge in [-0.05, 0) is 31.4 Å². The number of aromatic nitrogens is 1. The first-order valence-electron chi connectivity index (χ1n) is 6.49. The maximum Gasteiger partial charge on any atom is 0.312 e. The Hall–Kier alpha value is -1.66. The quantitative estimate of drug-likeness (QED) is 0.888. The summed E-state index contributed by atoms with van der Waals surface area (Å²) >= 11 is 7.11. The standard InChI is InChI=1S/C14H12ClFN2O2S/c15-8-4-2-5-9(11(8)16)17-14-18-12-7(13(19)20)3-1-6-10(12)21-14/h2,4-5,7H,1,3,6H2,(H,17,18)(H,19,20). The van der Waals surface area contributed by atoms with Crippen LogP contribution in [0, 0.1) is 5.82 Å². The Bertz CT molecular complexity index is 704. The average molecular weight is 327 g/mol. The summed E-state index contributed by atoms with van der Waals surface area (Å²) < 4.78 is 13.9. The highest BCUT2D eigenvalue weighted by molar-refractivity contribution is 7.15. The van der Waals surface area contributed by atoms with Crippen molar-refractivity contribution in [2.24, 2.45) is 0 Å². The molecule has 2 aromatic rings. The zero-order valence-electron chi connectivity index (χ0n) is 10.9. The van der Waals surface area contributed by atoms with E-state index in [0.29, 0.717) is 17.2 Å². The van der Waals surface area contributed by atoms with Gasteiger partial charge in [-0.1, -0.05) is 17.7 Å². The molecule has 2 N–H and O–H groups in total. The minimum Gasteiger partial charge on any atom is -0.481 e. The third-order valence-corrected chi connectivity index (χ3v) is 4.78. The normalized spacial score (nSPS) is 17.3. The molecule has 1 aliphatic carbocycles. The molecule has 0 amide bonds. The lowest BCUT2D eigenvalue weighted by Gasteiger charge is -2.16. The third kappa shape index (κ3) is 2.73. The zero-order chi connectivity index (χ0) is 15.0. The lowest BCUT2D eigenvalue weighted by Crippen LogP contribution is -2.17. The van der Waals surface area contributed by atoms with Crippen molar-refractivity contribution < 1.29 is 14.3 Å². The van der Waals surface area contributed by atoms with Gasteiger partial charge in [-0.15, -0.1) is 11.3 Å². The predicted molar refractivity (Wildman–Crippen MR) is 80.1 cm³/mol. The molecule has 0 radical (unpaired) electrons. The fourth-order valence-electron chi connectivity index (χ4n) is 2.43. The Balaban J connectivity index is 1.91. The number of carboxylic acid groups (broad SMARTS) is 1. The van der Waals surface area contributed by atoms with E-state index in [1.54, 1.807) is 12.1 Å². The van der Waals surface area contributed by atoms with Crippen LogP contribution in [-0.4, -0.2) is 16.1 Å². The molecule has 0 aliphatic heterocycles. The van der Waals surface area contributed by atoms with Gasteiger partial charge in [-0.3, -0.25) is 4.79 Å². The Morgan fingerprint density at radius 3 is 3.10 bits per heavy atom. The number of hydrogen-bond donors (Lipinski definition) is 2. The second kappa shape index (κ2) is 5.61. The number of halogens is 2. The second-order valence-electron chi connectivity index (χ2n) is 4.84. The highest BCUT2D eigenvalue weighted by Crippen LogP contribution is 2.38. The molecule has 21 heavy (non-hydrogen) atoms. The van der Waals surface area contributed by atoms with Crippen molar-refractivity contribution in [2.45, 2.75) is 25.2 Å². The van der Waals surface area contributed by atoms with E-state index in [2.05, 4.69) is 10.3 Å². The van der Waals surface area contributed by atoms with Gasteiger partial charge in [0.2, 0.25) is 0 Å². The van der Waals surface area contributed by atoms with Gasteiger partial charge >= 0.3 is 5.97 Å². The van der Waals surface area contributed by atoms with Crippen LogP contribution >= 0.6 is 22.9 Å². The van der Waals surface area contributed by atoms with Gasteiger partial charge in [0.25, 0.3) is 0 Å². The number of rotatable bonds is 3. The lowest BCUT2D eigenvalue weighted by atomic mass is 9.91. The van der Waals surface area contributed by atoms with Crippen LogP contribution in [0.4, 0.5) is 15.2 Å². The van der Waals surface area contributed by atoms with E-state index in [9.17, 15) is 14.3 Å². The van der Waals surface area contributed by atoms with Crippen LogP contribution in [0.1, 0.15) is 29.3 Å². The van der Waals surface area contributed by atoms with Crippen molar-refractivity contribution >= 4 is 39.7 Å². The van der Waals surface area contributed by atoms with Crippen molar-refractivity contribution in [2.75, 3.05) is 5.32 Å². The number of fused-ring (bicyclic) bond motifs is 1. The van der Waals surface area contributed by atoms with Gasteiger partial charge in [-0.25, -0.2) is 9.37 Å². The molecule has 7 heteroatoms. The summed E-state index contributed by atoms with van der Waals surface area (Å²) in [5, 5.41) is 12.6. The fraction of sp³-hybridized carbons (Fsp3) is 0.286. The maximum atomic E-state index is 13.9. The third-order valence-electron chi connectivity index (χ3n) is 3.45. The Morgan fingerprint density at radius 2 is 2.33 bits per heavy atom. The van der Waals surface area contributed by atoms with Crippen molar-refractivity contribution in [3.63, 3.8) is 0 Å². The SMILES string of the molecule is O=C(O)C1CCCc2sc(Nc3cccc(Cl)c3F)nc21. The molecule has 110 valence electrons. The van der Waals surface area contributed by atoms with Crippen LogP contribution in [0.3, 0.4) is 0 Å². The number of thiazole rings is 1. The van der Waals surface area contributed by atoms with E-state index >= 15 is 0 Å². The van der Waals surface area contributed by atoms with Crippen LogP contribution in [0.25, 0.3) is 0 Å². The van der Waals surface area contributed by atoms with Crippen molar-refractivity contribution in [1.29, 1.82) is 0 Å².